The Hall–Kier alpha value is -1.18. The van der Waals surface area contributed by atoms with E-state index in [1.54, 1.807) is 21.8 Å². The van der Waals surface area contributed by atoms with Crippen LogP contribution in [0.25, 0.3) is 10.6 Å². The van der Waals surface area contributed by atoms with Crippen LogP contribution in [0.4, 0.5) is 0 Å². The minimum Gasteiger partial charge on any atom is -0.268 e. The quantitative estimate of drug-likeness (QED) is 0.534. The highest BCUT2D eigenvalue weighted by Gasteiger charge is 2.31. The molecule has 0 unspecified atom stereocenters. The fourth-order valence-corrected chi connectivity index (χ4v) is 6.11. The molecule has 0 aliphatic heterocycles. The van der Waals surface area contributed by atoms with Crippen molar-refractivity contribution in [3.05, 3.63) is 23.7 Å². The third-order valence-corrected chi connectivity index (χ3v) is 8.07. The first kappa shape index (κ1) is 20.6. The van der Waals surface area contributed by atoms with E-state index in [1.165, 1.54) is 12.8 Å². The lowest BCUT2D eigenvalue weighted by molar-refractivity contribution is 0.395. The maximum atomic E-state index is 13.6. The van der Waals surface area contributed by atoms with Crippen LogP contribution in [0.1, 0.15) is 71.3 Å². The lowest BCUT2D eigenvalue weighted by Gasteiger charge is -2.21. The average Bonchev–Trinajstić information content (AvgIpc) is 3.41. The molecule has 0 aromatic carbocycles. The molecule has 7 heteroatoms. The molecule has 0 bridgehead atoms. The fraction of sp³-hybridized carbons (Fsp3) is 0.650. The standard InChI is InChI=1S/C20H31N3O2S2/c1-3-5-13-22(14-6-4-2)27(24,25)19-16-23(17-10-7-8-11-17)21-20(19)18-12-9-15-26-18/h9,12,15-17H,3-8,10-11,13-14H2,1-2H3. The molecule has 2 aromatic rings. The third kappa shape index (κ3) is 4.63. The first-order chi connectivity index (χ1) is 13.1. The van der Waals surface area contributed by atoms with E-state index in [9.17, 15) is 8.42 Å². The van der Waals surface area contributed by atoms with Crippen molar-refractivity contribution in [3.8, 4) is 10.6 Å². The molecule has 1 aliphatic carbocycles. The van der Waals surface area contributed by atoms with Crippen LogP contribution in [-0.2, 0) is 10.0 Å². The molecule has 2 heterocycles. The van der Waals surface area contributed by atoms with Gasteiger partial charge in [0, 0.05) is 19.3 Å². The minimum absolute atomic E-state index is 0.326. The van der Waals surface area contributed by atoms with Crippen LogP contribution < -0.4 is 0 Å². The first-order valence-corrected chi connectivity index (χ1v) is 12.5. The Balaban J connectivity index is 2.00. The summed E-state index contributed by atoms with van der Waals surface area (Å²) in [5.41, 5.74) is 0.620. The Morgan fingerprint density at radius 2 is 1.85 bits per heavy atom. The summed E-state index contributed by atoms with van der Waals surface area (Å²) in [7, 11) is -3.55. The van der Waals surface area contributed by atoms with Gasteiger partial charge in [-0.15, -0.1) is 11.3 Å². The summed E-state index contributed by atoms with van der Waals surface area (Å²) in [5.74, 6) is 0. The molecule has 5 nitrogen and oxygen atoms in total. The van der Waals surface area contributed by atoms with Crippen LogP contribution in [-0.4, -0.2) is 35.6 Å². The number of hydrogen-bond acceptors (Lipinski definition) is 4. The molecule has 1 aliphatic rings. The topological polar surface area (TPSA) is 55.2 Å². The van der Waals surface area contributed by atoms with E-state index >= 15 is 0 Å². The van der Waals surface area contributed by atoms with Gasteiger partial charge in [-0.25, -0.2) is 8.42 Å². The van der Waals surface area contributed by atoms with E-state index in [0.29, 0.717) is 29.7 Å². The predicted octanol–water partition coefficient (Wildman–Crippen LogP) is 5.32. The summed E-state index contributed by atoms with van der Waals surface area (Å²) < 4.78 is 30.7. The van der Waals surface area contributed by atoms with Crippen LogP contribution >= 0.6 is 11.3 Å². The Bertz CT molecular complexity index is 798. The molecule has 0 atom stereocenters. The fourth-order valence-electron chi connectivity index (χ4n) is 3.66. The molecular weight excluding hydrogens is 378 g/mol. The van der Waals surface area contributed by atoms with Gasteiger partial charge in [0.05, 0.1) is 10.9 Å². The van der Waals surface area contributed by atoms with Crippen molar-refractivity contribution >= 4 is 21.4 Å². The highest BCUT2D eigenvalue weighted by atomic mass is 32.2. The second-order valence-corrected chi connectivity index (χ2v) is 10.2. The second kappa shape index (κ2) is 9.34. The van der Waals surface area contributed by atoms with Crippen molar-refractivity contribution in [2.24, 2.45) is 0 Å². The Kier molecular flexibility index (Phi) is 7.11. The molecule has 0 amide bonds. The molecule has 0 radical (unpaired) electrons. The zero-order valence-electron chi connectivity index (χ0n) is 16.4. The normalized spacial score (nSPS) is 15.8. The molecule has 0 N–H and O–H groups in total. The summed E-state index contributed by atoms with van der Waals surface area (Å²) in [6.07, 6.45) is 10.1. The average molecular weight is 410 g/mol. The van der Waals surface area contributed by atoms with Crippen LogP contribution in [0, 0.1) is 0 Å². The lowest BCUT2D eigenvalue weighted by atomic mass is 10.3. The highest BCUT2D eigenvalue weighted by molar-refractivity contribution is 7.89. The molecule has 27 heavy (non-hydrogen) atoms. The van der Waals surface area contributed by atoms with Crippen molar-refractivity contribution in [2.75, 3.05) is 13.1 Å². The Morgan fingerprint density at radius 1 is 1.19 bits per heavy atom. The van der Waals surface area contributed by atoms with E-state index < -0.39 is 10.0 Å². The van der Waals surface area contributed by atoms with Crippen molar-refractivity contribution in [1.82, 2.24) is 14.1 Å². The van der Waals surface area contributed by atoms with Crippen molar-refractivity contribution in [3.63, 3.8) is 0 Å². The van der Waals surface area contributed by atoms with Crippen LogP contribution in [0.15, 0.2) is 28.6 Å². The maximum Gasteiger partial charge on any atom is 0.246 e. The van der Waals surface area contributed by atoms with Crippen molar-refractivity contribution < 1.29 is 8.42 Å². The first-order valence-electron chi connectivity index (χ1n) is 10.2. The summed E-state index contributed by atoms with van der Waals surface area (Å²) >= 11 is 1.55. The van der Waals surface area contributed by atoms with E-state index in [4.69, 9.17) is 5.10 Å². The molecule has 0 spiro atoms. The molecular formula is C20H31N3O2S2. The van der Waals surface area contributed by atoms with Crippen molar-refractivity contribution in [2.45, 2.75) is 76.2 Å². The zero-order chi connectivity index (χ0) is 19.3. The van der Waals surface area contributed by atoms with E-state index in [-0.39, 0.29) is 0 Å². The number of thiophene rings is 1. The van der Waals surface area contributed by atoms with Crippen LogP contribution in [0.5, 0.6) is 0 Å². The van der Waals surface area contributed by atoms with Gasteiger partial charge in [0.1, 0.15) is 10.6 Å². The van der Waals surface area contributed by atoms with Crippen molar-refractivity contribution in [1.29, 1.82) is 0 Å². The highest BCUT2D eigenvalue weighted by Crippen LogP contribution is 2.35. The third-order valence-electron chi connectivity index (χ3n) is 5.29. The van der Waals surface area contributed by atoms with Gasteiger partial charge >= 0.3 is 0 Å². The molecule has 1 saturated carbocycles. The largest absolute Gasteiger partial charge is 0.268 e. The molecule has 0 saturated heterocycles. The minimum atomic E-state index is -3.55. The summed E-state index contributed by atoms with van der Waals surface area (Å²) in [6.45, 7) is 5.36. The summed E-state index contributed by atoms with van der Waals surface area (Å²) in [6, 6.07) is 4.25. The summed E-state index contributed by atoms with van der Waals surface area (Å²) in [4.78, 5) is 1.31. The van der Waals surface area contributed by atoms with Gasteiger partial charge in [-0.2, -0.15) is 9.40 Å². The Labute approximate surface area is 167 Å². The SMILES string of the molecule is CCCCN(CCCC)S(=O)(=O)c1cn(C2CCCC2)nc1-c1cccs1. The lowest BCUT2D eigenvalue weighted by Crippen LogP contribution is -2.33. The number of rotatable bonds is 10. The smallest absolute Gasteiger partial charge is 0.246 e. The van der Waals surface area contributed by atoms with Gasteiger partial charge in [-0.1, -0.05) is 45.6 Å². The zero-order valence-corrected chi connectivity index (χ0v) is 18.1. The van der Waals surface area contributed by atoms with E-state index in [0.717, 1.165) is 43.4 Å². The van der Waals surface area contributed by atoms with E-state index in [2.05, 4.69) is 13.8 Å². The van der Waals surface area contributed by atoms with Gasteiger partial charge in [0.15, 0.2) is 0 Å². The number of unbranched alkanes of at least 4 members (excludes halogenated alkanes) is 2. The maximum absolute atomic E-state index is 13.6. The number of hydrogen-bond donors (Lipinski definition) is 0. The number of nitrogens with zero attached hydrogens (tertiary/aromatic N) is 3. The summed E-state index contributed by atoms with van der Waals surface area (Å²) in [5, 5.41) is 6.74. The van der Waals surface area contributed by atoms with Gasteiger partial charge < -0.3 is 0 Å². The molecule has 3 rings (SSSR count). The Morgan fingerprint density at radius 3 is 2.41 bits per heavy atom. The van der Waals surface area contributed by atoms with Gasteiger partial charge in [-0.3, -0.25) is 4.68 Å². The molecule has 150 valence electrons. The number of sulfonamides is 1. The van der Waals surface area contributed by atoms with Crippen LogP contribution in [0.2, 0.25) is 0 Å². The van der Waals surface area contributed by atoms with Crippen LogP contribution in [0.3, 0.4) is 0 Å². The van der Waals surface area contributed by atoms with Gasteiger partial charge in [0.25, 0.3) is 0 Å². The molecule has 1 fully saturated rings. The van der Waals surface area contributed by atoms with E-state index in [1.807, 2.05) is 22.2 Å². The second-order valence-electron chi connectivity index (χ2n) is 7.35. The molecule has 2 aromatic heterocycles. The number of aromatic nitrogens is 2. The van der Waals surface area contributed by atoms with Gasteiger partial charge in [-0.05, 0) is 37.1 Å². The predicted molar refractivity (Wildman–Crippen MR) is 112 cm³/mol. The van der Waals surface area contributed by atoms with Gasteiger partial charge in [0.2, 0.25) is 10.0 Å². The monoisotopic (exact) mass is 409 g/mol.